The minimum Gasteiger partial charge on any atom is -0.350 e. The average Bonchev–Trinajstić information content (AvgIpc) is 3.24. The first kappa shape index (κ1) is 16.7. The van der Waals surface area contributed by atoms with E-state index >= 15 is 0 Å². The van der Waals surface area contributed by atoms with Crippen molar-refractivity contribution in [2.45, 2.75) is 23.9 Å². The van der Waals surface area contributed by atoms with Gasteiger partial charge in [-0.05, 0) is 30.5 Å². The van der Waals surface area contributed by atoms with Crippen LogP contribution in [0.2, 0.25) is 0 Å². The van der Waals surface area contributed by atoms with Gasteiger partial charge in [0.2, 0.25) is 5.91 Å². The Balaban J connectivity index is 1.63. The smallest absolute Gasteiger partial charge is 0.233 e. The molecule has 3 heterocycles. The summed E-state index contributed by atoms with van der Waals surface area (Å²) in [6.07, 6.45) is 3.46. The average molecular weight is 359 g/mol. The standard InChI is InChI=1S/C16H17N5OS2/c1-11(15(22)18-10-13-6-4-8-23-13)24-16-20-19-14(21(16)2)12-5-3-7-17-9-12/h3-9,11H,10H2,1-2H3,(H,18,22)/t11-/m1/s1. The van der Waals surface area contributed by atoms with Crippen LogP contribution in [0, 0.1) is 0 Å². The molecule has 0 aliphatic rings. The molecule has 3 aromatic rings. The molecule has 6 nitrogen and oxygen atoms in total. The highest BCUT2D eigenvalue weighted by atomic mass is 32.2. The summed E-state index contributed by atoms with van der Waals surface area (Å²) < 4.78 is 1.88. The Hall–Kier alpha value is -2.19. The molecule has 0 unspecified atom stereocenters. The second-order valence-electron chi connectivity index (χ2n) is 5.16. The zero-order chi connectivity index (χ0) is 16.9. The maximum Gasteiger partial charge on any atom is 0.233 e. The van der Waals surface area contributed by atoms with E-state index in [2.05, 4.69) is 20.5 Å². The number of aromatic nitrogens is 4. The largest absolute Gasteiger partial charge is 0.350 e. The second-order valence-corrected chi connectivity index (χ2v) is 7.50. The fraction of sp³-hybridized carbons (Fsp3) is 0.250. The molecule has 0 saturated carbocycles. The Morgan fingerprint density at radius 1 is 1.38 bits per heavy atom. The summed E-state index contributed by atoms with van der Waals surface area (Å²) in [5, 5.41) is 13.8. The number of hydrogen-bond donors (Lipinski definition) is 1. The molecule has 0 aliphatic heterocycles. The van der Waals surface area contributed by atoms with Gasteiger partial charge in [0, 0.05) is 29.9 Å². The van der Waals surface area contributed by atoms with Crippen molar-refractivity contribution in [1.29, 1.82) is 0 Å². The molecule has 1 amide bonds. The van der Waals surface area contributed by atoms with Gasteiger partial charge in [-0.1, -0.05) is 17.8 Å². The van der Waals surface area contributed by atoms with Crippen LogP contribution in [0.15, 0.2) is 47.2 Å². The topological polar surface area (TPSA) is 72.7 Å². The maximum absolute atomic E-state index is 12.2. The highest BCUT2D eigenvalue weighted by Gasteiger charge is 2.19. The third kappa shape index (κ3) is 3.82. The summed E-state index contributed by atoms with van der Waals surface area (Å²) in [5.74, 6) is 0.719. The predicted octanol–water partition coefficient (Wildman–Crippen LogP) is 2.74. The molecule has 0 bridgehead atoms. The monoisotopic (exact) mass is 359 g/mol. The van der Waals surface area contributed by atoms with E-state index in [0.29, 0.717) is 11.7 Å². The van der Waals surface area contributed by atoms with Crippen LogP contribution < -0.4 is 5.32 Å². The fourth-order valence-corrected chi connectivity index (χ4v) is 3.59. The van der Waals surface area contributed by atoms with Crippen molar-refractivity contribution in [3.05, 3.63) is 46.9 Å². The van der Waals surface area contributed by atoms with E-state index in [9.17, 15) is 4.79 Å². The normalized spacial score (nSPS) is 12.1. The molecule has 124 valence electrons. The van der Waals surface area contributed by atoms with E-state index in [1.165, 1.54) is 11.8 Å². The summed E-state index contributed by atoms with van der Waals surface area (Å²) in [6, 6.07) is 7.77. The lowest BCUT2D eigenvalue weighted by Crippen LogP contribution is -2.30. The molecule has 1 atom stereocenters. The molecular formula is C16H17N5OS2. The van der Waals surface area contributed by atoms with Crippen molar-refractivity contribution in [3.8, 4) is 11.4 Å². The van der Waals surface area contributed by atoms with E-state index in [1.807, 2.05) is 48.2 Å². The zero-order valence-electron chi connectivity index (χ0n) is 13.3. The van der Waals surface area contributed by atoms with Crippen LogP contribution in [-0.2, 0) is 18.4 Å². The maximum atomic E-state index is 12.2. The van der Waals surface area contributed by atoms with Crippen molar-refractivity contribution >= 4 is 29.0 Å². The van der Waals surface area contributed by atoms with Crippen molar-refractivity contribution in [2.75, 3.05) is 0 Å². The zero-order valence-corrected chi connectivity index (χ0v) is 15.0. The summed E-state index contributed by atoms with van der Waals surface area (Å²) in [7, 11) is 1.89. The van der Waals surface area contributed by atoms with Gasteiger partial charge in [0.15, 0.2) is 11.0 Å². The first-order valence-electron chi connectivity index (χ1n) is 7.41. The molecule has 3 rings (SSSR count). The lowest BCUT2D eigenvalue weighted by atomic mass is 10.3. The molecular weight excluding hydrogens is 342 g/mol. The lowest BCUT2D eigenvalue weighted by molar-refractivity contribution is -0.120. The lowest BCUT2D eigenvalue weighted by Gasteiger charge is -2.11. The van der Waals surface area contributed by atoms with Crippen molar-refractivity contribution in [2.24, 2.45) is 7.05 Å². The summed E-state index contributed by atoms with van der Waals surface area (Å²) >= 11 is 3.02. The Morgan fingerprint density at radius 3 is 2.96 bits per heavy atom. The van der Waals surface area contributed by atoms with Crippen molar-refractivity contribution in [1.82, 2.24) is 25.1 Å². The van der Waals surface area contributed by atoms with E-state index in [0.717, 1.165) is 16.3 Å². The summed E-state index contributed by atoms with van der Waals surface area (Å²) in [6.45, 7) is 2.42. The van der Waals surface area contributed by atoms with Crippen LogP contribution in [0.3, 0.4) is 0 Å². The Morgan fingerprint density at radius 2 is 2.25 bits per heavy atom. The molecule has 0 spiro atoms. The van der Waals surface area contributed by atoms with Gasteiger partial charge in [0.1, 0.15) is 0 Å². The molecule has 1 N–H and O–H groups in total. The van der Waals surface area contributed by atoms with E-state index < -0.39 is 0 Å². The molecule has 24 heavy (non-hydrogen) atoms. The molecule has 3 aromatic heterocycles. The van der Waals surface area contributed by atoms with Crippen LogP contribution >= 0.6 is 23.1 Å². The number of nitrogens with one attached hydrogen (secondary N) is 1. The van der Waals surface area contributed by atoms with Gasteiger partial charge in [-0.3, -0.25) is 9.78 Å². The predicted molar refractivity (Wildman–Crippen MR) is 95.7 cm³/mol. The molecule has 0 radical (unpaired) electrons. The van der Waals surface area contributed by atoms with Gasteiger partial charge in [-0.15, -0.1) is 21.5 Å². The SMILES string of the molecule is C[C@@H](Sc1nnc(-c2cccnc2)n1C)C(=O)NCc1cccs1. The number of carbonyl (C=O) groups excluding carboxylic acids is 1. The number of thioether (sulfide) groups is 1. The molecule has 0 aromatic carbocycles. The number of nitrogens with zero attached hydrogens (tertiary/aromatic N) is 4. The minimum absolute atomic E-state index is 0.0145. The second kappa shape index (κ2) is 7.59. The fourth-order valence-electron chi connectivity index (χ4n) is 2.11. The van der Waals surface area contributed by atoms with Gasteiger partial charge >= 0.3 is 0 Å². The number of pyridine rings is 1. The number of carbonyl (C=O) groups is 1. The summed E-state index contributed by atoms with van der Waals surface area (Å²) in [4.78, 5) is 17.5. The Kier molecular flexibility index (Phi) is 5.27. The van der Waals surface area contributed by atoms with Gasteiger partial charge in [0.05, 0.1) is 11.8 Å². The van der Waals surface area contributed by atoms with Crippen LogP contribution in [-0.4, -0.2) is 30.9 Å². The van der Waals surface area contributed by atoms with Crippen LogP contribution in [0.25, 0.3) is 11.4 Å². The van der Waals surface area contributed by atoms with Crippen LogP contribution in [0.5, 0.6) is 0 Å². The third-order valence-electron chi connectivity index (χ3n) is 3.42. The molecule has 0 saturated heterocycles. The molecule has 8 heteroatoms. The first-order valence-corrected chi connectivity index (χ1v) is 9.17. The first-order chi connectivity index (χ1) is 11.6. The highest BCUT2D eigenvalue weighted by Crippen LogP contribution is 2.25. The Labute approximate surface area is 148 Å². The van der Waals surface area contributed by atoms with Crippen LogP contribution in [0.1, 0.15) is 11.8 Å². The molecule has 0 aliphatic carbocycles. The van der Waals surface area contributed by atoms with Crippen LogP contribution in [0.4, 0.5) is 0 Å². The minimum atomic E-state index is -0.255. The van der Waals surface area contributed by atoms with E-state index in [-0.39, 0.29) is 11.2 Å². The number of amides is 1. The number of thiophene rings is 1. The number of hydrogen-bond acceptors (Lipinski definition) is 6. The third-order valence-corrected chi connectivity index (χ3v) is 5.43. The highest BCUT2D eigenvalue weighted by molar-refractivity contribution is 8.00. The van der Waals surface area contributed by atoms with Gasteiger partial charge in [-0.25, -0.2) is 0 Å². The van der Waals surface area contributed by atoms with E-state index in [4.69, 9.17) is 0 Å². The number of rotatable bonds is 6. The van der Waals surface area contributed by atoms with E-state index in [1.54, 1.807) is 23.7 Å². The van der Waals surface area contributed by atoms with Crippen molar-refractivity contribution < 1.29 is 4.79 Å². The van der Waals surface area contributed by atoms with Gasteiger partial charge in [-0.2, -0.15) is 0 Å². The Bertz CT molecular complexity index is 801. The van der Waals surface area contributed by atoms with Gasteiger partial charge in [0.25, 0.3) is 0 Å². The quantitative estimate of drug-likeness (QED) is 0.685. The van der Waals surface area contributed by atoms with Crippen molar-refractivity contribution in [3.63, 3.8) is 0 Å². The summed E-state index contributed by atoms with van der Waals surface area (Å²) in [5.41, 5.74) is 0.897. The van der Waals surface area contributed by atoms with Gasteiger partial charge < -0.3 is 9.88 Å². The molecule has 0 fully saturated rings.